The second kappa shape index (κ2) is 7.16. The molecule has 0 spiro atoms. The third-order valence-corrected chi connectivity index (χ3v) is 4.66. The Morgan fingerprint density at radius 3 is 2.52 bits per heavy atom. The van der Waals surface area contributed by atoms with Gasteiger partial charge in [0.1, 0.15) is 17.3 Å². The van der Waals surface area contributed by atoms with Crippen LogP contribution in [-0.2, 0) is 21.2 Å². The van der Waals surface area contributed by atoms with Crippen LogP contribution in [0.3, 0.4) is 0 Å². The lowest BCUT2D eigenvalue weighted by molar-refractivity contribution is -0.387. The molecule has 0 heterocycles. The van der Waals surface area contributed by atoms with Crippen molar-refractivity contribution in [2.75, 3.05) is 6.26 Å². The van der Waals surface area contributed by atoms with Gasteiger partial charge in [-0.2, -0.15) is 0 Å². The van der Waals surface area contributed by atoms with E-state index < -0.39 is 37.1 Å². The van der Waals surface area contributed by atoms with E-state index in [2.05, 4.69) is 0 Å². The first-order valence-electron chi connectivity index (χ1n) is 6.69. The predicted octanol–water partition coefficient (Wildman–Crippen LogP) is 3.15. The van der Waals surface area contributed by atoms with Crippen molar-refractivity contribution in [3.63, 3.8) is 0 Å². The Hall–Kier alpha value is -2.52. The highest BCUT2D eigenvalue weighted by Crippen LogP contribution is 2.26. The van der Waals surface area contributed by atoms with Gasteiger partial charge in [0.05, 0.1) is 15.5 Å². The van der Waals surface area contributed by atoms with Gasteiger partial charge < -0.3 is 4.74 Å². The van der Waals surface area contributed by atoms with Crippen molar-refractivity contribution in [1.29, 1.82) is 0 Å². The summed E-state index contributed by atoms with van der Waals surface area (Å²) in [5, 5.41) is 11.1. The fourth-order valence-corrected chi connectivity index (χ4v) is 3.02. The van der Waals surface area contributed by atoms with Gasteiger partial charge in [-0.05, 0) is 24.3 Å². The van der Waals surface area contributed by atoms with Crippen LogP contribution in [0.5, 0.6) is 0 Å². The first-order valence-corrected chi connectivity index (χ1v) is 8.96. The molecule has 0 unspecified atom stereocenters. The van der Waals surface area contributed by atoms with E-state index in [-0.39, 0.29) is 17.2 Å². The molecule has 0 aromatic heterocycles. The lowest BCUT2D eigenvalue weighted by Gasteiger charge is -2.08. The SMILES string of the molecule is CS(=O)(=O)c1ccc(C(=O)OCc2ccc(F)cc2Cl)cc1[N+](=O)[O-]. The average Bonchev–Trinajstić information content (AvgIpc) is 2.52. The van der Waals surface area contributed by atoms with Crippen LogP contribution in [0, 0.1) is 15.9 Å². The predicted molar refractivity (Wildman–Crippen MR) is 86.7 cm³/mol. The molecule has 0 saturated carbocycles. The molecule has 0 N–H and O–H groups in total. The third kappa shape index (κ3) is 4.52. The third-order valence-electron chi connectivity index (χ3n) is 3.16. The largest absolute Gasteiger partial charge is 0.457 e. The van der Waals surface area contributed by atoms with Crippen molar-refractivity contribution in [3.05, 3.63) is 68.5 Å². The number of nitrogens with zero attached hydrogens (tertiary/aromatic N) is 1. The molecule has 10 heteroatoms. The molecule has 0 atom stereocenters. The molecular weight excluding hydrogens is 377 g/mol. The number of rotatable bonds is 5. The highest BCUT2D eigenvalue weighted by molar-refractivity contribution is 7.90. The highest BCUT2D eigenvalue weighted by atomic mass is 35.5. The molecular formula is C15H11ClFNO6S. The first kappa shape index (κ1) is 18.8. The Morgan fingerprint density at radius 1 is 1.28 bits per heavy atom. The summed E-state index contributed by atoms with van der Waals surface area (Å²) in [5.74, 6) is -1.46. The maximum absolute atomic E-state index is 13.0. The number of hydrogen-bond acceptors (Lipinski definition) is 6. The number of sulfone groups is 1. The zero-order chi connectivity index (χ0) is 18.8. The van der Waals surface area contributed by atoms with E-state index in [0.29, 0.717) is 5.56 Å². The van der Waals surface area contributed by atoms with Crippen molar-refractivity contribution < 1.29 is 27.3 Å². The molecule has 2 aromatic rings. The van der Waals surface area contributed by atoms with Gasteiger partial charge >= 0.3 is 5.97 Å². The Labute approximate surface area is 147 Å². The maximum atomic E-state index is 13.0. The molecule has 0 amide bonds. The van der Waals surface area contributed by atoms with E-state index in [1.165, 1.54) is 6.07 Å². The minimum absolute atomic E-state index is 0.0613. The topological polar surface area (TPSA) is 104 Å². The summed E-state index contributed by atoms with van der Waals surface area (Å²) in [6.45, 7) is -0.278. The molecule has 2 aromatic carbocycles. The molecule has 7 nitrogen and oxygen atoms in total. The Bertz CT molecular complexity index is 960. The summed E-state index contributed by atoms with van der Waals surface area (Å²) in [6, 6.07) is 6.43. The van der Waals surface area contributed by atoms with Gasteiger partial charge in [0.2, 0.25) is 0 Å². The first-order chi connectivity index (χ1) is 11.6. The lowest BCUT2D eigenvalue weighted by Crippen LogP contribution is -2.08. The summed E-state index contributed by atoms with van der Waals surface area (Å²) in [5.41, 5.74) is -0.576. The number of carbonyl (C=O) groups excluding carboxylic acids is 1. The number of carbonyl (C=O) groups is 1. The highest BCUT2D eigenvalue weighted by Gasteiger charge is 2.24. The van der Waals surface area contributed by atoms with Crippen molar-refractivity contribution in [2.24, 2.45) is 0 Å². The summed E-state index contributed by atoms with van der Waals surface area (Å²) in [6.07, 6.45) is 0.823. The monoisotopic (exact) mass is 387 g/mol. The van der Waals surface area contributed by atoms with Gasteiger partial charge in [-0.25, -0.2) is 17.6 Å². The number of benzene rings is 2. The van der Waals surface area contributed by atoms with Crippen LogP contribution in [0.4, 0.5) is 10.1 Å². The minimum Gasteiger partial charge on any atom is -0.457 e. The van der Waals surface area contributed by atoms with Crippen molar-refractivity contribution >= 4 is 33.1 Å². The Balaban J connectivity index is 2.25. The number of halogens is 2. The van der Waals surface area contributed by atoms with E-state index in [9.17, 15) is 27.7 Å². The molecule has 132 valence electrons. The van der Waals surface area contributed by atoms with Crippen LogP contribution in [0.2, 0.25) is 5.02 Å². The molecule has 0 radical (unpaired) electrons. The van der Waals surface area contributed by atoms with E-state index in [4.69, 9.17) is 16.3 Å². The fraction of sp³-hybridized carbons (Fsp3) is 0.133. The smallest absolute Gasteiger partial charge is 0.338 e. The van der Waals surface area contributed by atoms with Crippen molar-refractivity contribution in [2.45, 2.75) is 11.5 Å². The van der Waals surface area contributed by atoms with Gasteiger partial charge in [-0.1, -0.05) is 17.7 Å². The molecule has 2 rings (SSSR count). The number of nitro groups is 1. The van der Waals surface area contributed by atoms with Crippen LogP contribution >= 0.6 is 11.6 Å². The second-order valence-corrected chi connectivity index (χ2v) is 7.42. The fourth-order valence-electron chi connectivity index (χ4n) is 1.97. The van der Waals surface area contributed by atoms with Gasteiger partial charge in [0, 0.05) is 17.9 Å². The molecule has 0 bridgehead atoms. The quantitative estimate of drug-likeness (QED) is 0.443. The molecule has 25 heavy (non-hydrogen) atoms. The minimum atomic E-state index is -3.83. The summed E-state index contributed by atoms with van der Waals surface area (Å²) < 4.78 is 41.0. The molecule has 0 aliphatic rings. The summed E-state index contributed by atoms with van der Waals surface area (Å²) >= 11 is 5.81. The van der Waals surface area contributed by atoms with Gasteiger partial charge in [-0.3, -0.25) is 10.1 Å². The molecule has 0 aliphatic carbocycles. The molecule has 0 saturated heterocycles. The Morgan fingerprint density at radius 2 is 1.96 bits per heavy atom. The van der Waals surface area contributed by atoms with Crippen LogP contribution in [0.25, 0.3) is 0 Å². The van der Waals surface area contributed by atoms with Gasteiger partial charge in [0.25, 0.3) is 5.69 Å². The second-order valence-electron chi connectivity index (χ2n) is 5.02. The molecule has 0 aliphatic heterocycles. The normalized spacial score (nSPS) is 11.2. The summed E-state index contributed by atoms with van der Waals surface area (Å²) in [4.78, 5) is 21.7. The van der Waals surface area contributed by atoms with E-state index >= 15 is 0 Å². The zero-order valence-electron chi connectivity index (χ0n) is 12.7. The van der Waals surface area contributed by atoms with Crippen LogP contribution in [0.15, 0.2) is 41.3 Å². The van der Waals surface area contributed by atoms with Crippen LogP contribution in [-0.4, -0.2) is 25.6 Å². The maximum Gasteiger partial charge on any atom is 0.338 e. The van der Waals surface area contributed by atoms with Crippen molar-refractivity contribution in [3.8, 4) is 0 Å². The van der Waals surface area contributed by atoms with Gasteiger partial charge in [0.15, 0.2) is 9.84 Å². The Kier molecular flexibility index (Phi) is 5.39. The van der Waals surface area contributed by atoms with Crippen LogP contribution < -0.4 is 0 Å². The van der Waals surface area contributed by atoms with Crippen molar-refractivity contribution in [1.82, 2.24) is 0 Å². The van der Waals surface area contributed by atoms with Gasteiger partial charge in [-0.15, -0.1) is 0 Å². The molecule has 0 fully saturated rings. The number of esters is 1. The zero-order valence-corrected chi connectivity index (χ0v) is 14.3. The van der Waals surface area contributed by atoms with Crippen LogP contribution in [0.1, 0.15) is 15.9 Å². The van der Waals surface area contributed by atoms with E-state index in [1.807, 2.05) is 0 Å². The lowest BCUT2D eigenvalue weighted by atomic mass is 10.2. The number of nitro benzene ring substituents is 1. The van der Waals surface area contributed by atoms with E-state index in [1.54, 1.807) is 0 Å². The standard InChI is InChI=1S/C15H11ClFNO6S/c1-25(22,23)14-5-3-9(6-13(14)18(20)21)15(19)24-8-10-2-4-11(17)7-12(10)16/h2-7H,8H2,1H3. The number of hydrogen-bond donors (Lipinski definition) is 0. The summed E-state index contributed by atoms with van der Waals surface area (Å²) in [7, 11) is -3.83. The number of ether oxygens (including phenoxy) is 1. The van der Waals surface area contributed by atoms with E-state index in [0.717, 1.165) is 36.6 Å². The average molecular weight is 388 g/mol.